The maximum atomic E-state index is 14.0. The Hall–Kier alpha value is -3.85. The lowest BCUT2D eigenvalue weighted by Crippen LogP contribution is -2.72. The molecule has 0 bridgehead atoms. The summed E-state index contributed by atoms with van der Waals surface area (Å²) in [4.78, 5) is 65.0. The van der Waals surface area contributed by atoms with Crippen molar-refractivity contribution in [2.75, 3.05) is 46.2 Å². The maximum Gasteiger partial charge on any atom is 0.364 e. The highest BCUT2D eigenvalue weighted by Crippen LogP contribution is 2.42. The second kappa shape index (κ2) is 32.1. The number of aliphatic hydroxyl groups excluding tert-OH is 20. The summed E-state index contributed by atoms with van der Waals surface area (Å²) in [6.07, 6.45) is -62.1. The van der Waals surface area contributed by atoms with Crippen molar-refractivity contribution >= 4 is 29.7 Å². The van der Waals surface area contributed by atoms with Crippen LogP contribution in [-0.4, -0.2) is 377 Å². The largest absolute Gasteiger partial charge is 0.477 e. The lowest BCUT2D eigenvalue weighted by molar-refractivity contribution is -0.399. The van der Waals surface area contributed by atoms with Crippen LogP contribution in [-0.2, 0) is 71.3 Å². The molecule has 5 aliphatic rings. The van der Waals surface area contributed by atoms with Crippen molar-refractivity contribution in [1.29, 1.82) is 0 Å². The Balaban J connectivity index is 1.67. The fraction of sp³-hybridized carbons (Fsp3) is 0.896. The van der Waals surface area contributed by atoms with Crippen LogP contribution >= 0.6 is 0 Å². The molecule has 5 saturated heterocycles. The van der Waals surface area contributed by atoms with Crippen molar-refractivity contribution < 1.29 is 184 Å². The summed E-state index contributed by atoms with van der Waals surface area (Å²) in [6, 6.07) is -5.89. The lowest BCUT2D eigenvalue weighted by atomic mass is 9.87. The van der Waals surface area contributed by atoms with Crippen LogP contribution in [0.25, 0.3) is 0 Å². The van der Waals surface area contributed by atoms with Crippen LogP contribution in [0.1, 0.15) is 33.6 Å². The zero-order valence-electron chi connectivity index (χ0n) is 47.1. The summed E-state index contributed by atoms with van der Waals surface area (Å²) in [5, 5.41) is 244. The molecule has 40 nitrogen and oxygen atoms in total. The number of nitrogens with one attached hydrogen (secondary N) is 3. The Labute approximate surface area is 497 Å². The number of carbonyl (C=O) groups is 5. The predicted octanol–water partition coefficient (Wildman–Crippen LogP) is -15.6. The Morgan fingerprint density at radius 3 is 1.43 bits per heavy atom. The fourth-order valence-corrected chi connectivity index (χ4v) is 10.7. The molecular formula is C48H81N3O37. The van der Waals surface area contributed by atoms with Crippen molar-refractivity contribution in [3.63, 3.8) is 0 Å². The van der Waals surface area contributed by atoms with E-state index in [9.17, 15) is 136 Å². The number of hydrogen-bond donors (Lipinski definition) is 25. The van der Waals surface area contributed by atoms with E-state index in [4.69, 9.17) is 47.4 Å². The number of aliphatic hydroxyl groups is 20. The van der Waals surface area contributed by atoms with Gasteiger partial charge in [-0.05, 0) is 0 Å². The van der Waals surface area contributed by atoms with Gasteiger partial charge in [0.25, 0.3) is 11.6 Å². The van der Waals surface area contributed by atoms with E-state index in [1.165, 1.54) is 0 Å². The van der Waals surface area contributed by atoms with Crippen molar-refractivity contribution in [3.05, 3.63) is 0 Å². The molecular weight excluding hydrogens is 1210 g/mol. The van der Waals surface area contributed by atoms with Crippen molar-refractivity contribution in [3.8, 4) is 0 Å². The number of carboxylic acid groups (broad SMARTS) is 2. The van der Waals surface area contributed by atoms with E-state index in [2.05, 4.69) is 16.0 Å². The summed E-state index contributed by atoms with van der Waals surface area (Å²) in [5.41, 5.74) is 0. The Bertz CT molecular complexity index is 2270. The molecule has 25 N–H and O–H groups in total. The number of ether oxygens (including phenoxy) is 10. The molecule has 0 aromatic rings. The van der Waals surface area contributed by atoms with Crippen molar-refractivity contribution in [2.45, 2.75) is 223 Å². The number of rotatable bonds is 29. The molecule has 5 fully saturated rings. The second-order valence-corrected chi connectivity index (χ2v) is 21.6. The Morgan fingerprint density at radius 2 is 0.943 bits per heavy atom. The van der Waals surface area contributed by atoms with E-state index in [-0.39, 0.29) is 0 Å². The third kappa shape index (κ3) is 16.7. The monoisotopic (exact) mass is 1290 g/mol. The van der Waals surface area contributed by atoms with Gasteiger partial charge in [-0.3, -0.25) is 14.4 Å². The molecule has 0 aromatic heterocycles. The standard InChI is InChI=1S/C48H81N3O37/c1-13(59)49-25-16(62)4-47(45(75)76,86-39(25)29(68)19(65)7-53)85-23(11-57)32(71)40-26(50-14(2)60)17(63)5-48(87-40,46(77)78)88-41-35(74)44(82-36(20(66)8-54)28(67)18(64)6-52)81-24(12-58)37(41)83-42-27(51-15(3)61)38(31(70)22(10-56)79-42)84-43-34(73)33(72)30(69)21(9-55)80-43/h16-44,52-58,62-74H,4-12H2,1-3H3,(H,49,59)(H,50,60)(H,51,61)(H,75,76)(H,77,78)/t16-,17-,18-,19+,20+,21+,22+,23+,24+,25+,26+,27+,28+,29+,30-,31-,32+,33-,34+,35+,36+,37-,38+,39+,40+,41+,42-,43-,44-,47+,48-/m0/s1. The van der Waals surface area contributed by atoms with Gasteiger partial charge in [0.05, 0.1) is 70.5 Å². The zero-order chi connectivity index (χ0) is 66.2. The maximum absolute atomic E-state index is 14.0. The van der Waals surface area contributed by atoms with E-state index in [0.717, 1.165) is 20.8 Å². The number of hydrogen-bond acceptors (Lipinski definition) is 35. The number of aliphatic carboxylic acids is 2. The minimum absolute atomic E-state index is 0.842. The second-order valence-electron chi connectivity index (χ2n) is 21.6. The molecule has 0 unspecified atom stereocenters. The Morgan fingerprint density at radius 1 is 0.489 bits per heavy atom. The molecule has 0 aromatic carbocycles. The average Bonchev–Trinajstić information content (AvgIpc) is 1.11. The van der Waals surface area contributed by atoms with Gasteiger partial charge in [-0.25, -0.2) is 9.59 Å². The van der Waals surface area contributed by atoms with Gasteiger partial charge < -0.3 is 176 Å². The predicted molar refractivity (Wildman–Crippen MR) is 271 cm³/mol. The van der Waals surface area contributed by atoms with Crippen LogP contribution < -0.4 is 16.0 Å². The fourth-order valence-electron chi connectivity index (χ4n) is 10.7. The van der Waals surface area contributed by atoms with Crippen LogP contribution in [0, 0.1) is 0 Å². The van der Waals surface area contributed by atoms with Gasteiger partial charge in [0.15, 0.2) is 18.9 Å². The molecule has 5 aliphatic heterocycles. The minimum Gasteiger partial charge on any atom is -0.477 e. The molecule has 88 heavy (non-hydrogen) atoms. The first-order valence-electron chi connectivity index (χ1n) is 27.3. The highest BCUT2D eigenvalue weighted by Gasteiger charge is 2.64. The first kappa shape index (κ1) is 74.9. The molecule has 31 atom stereocenters. The van der Waals surface area contributed by atoms with Gasteiger partial charge in [0.2, 0.25) is 17.7 Å². The van der Waals surface area contributed by atoms with Gasteiger partial charge in [0.1, 0.15) is 134 Å². The highest BCUT2D eigenvalue weighted by molar-refractivity contribution is 5.77. The van der Waals surface area contributed by atoms with Crippen LogP contribution in [0.2, 0.25) is 0 Å². The summed E-state index contributed by atoms with van der Waals surface area (Å²) >= 11 is 0. The quantitative estimate of drug-likeness (QED) is 0.0331. The van der Waals surface area contributed by atoms with E-state index in [1.807, 2.05) is 0 Å². The van der Waals surface area contributed by atoms with E-state index < -0.39 is 278 Å². The van der Waals surface area contributed by atoms with Crippen molar-refractivity contribution in [2.24, 2.45) is 0 Å². The average molecular weight is 1290 g/mol. The summed E-state index contributed by atoms with van der Waals surface area (Å²) in [7, 11) is 0. The molecule has 0 radical (unpaired) electrons. The van der Waals surface area contributed by atoms with E-state index in [0.29, 0.717) is 0 Å². The Kier molecular flexibility index (Phi) is 27.3. The summed E-state index contributed by atoms with van der Waals surface area (Å²) in [5.74, 6) is -14.6. The third-order valence-corrected chi connectivity index (χ3v) is 15.2. The molecule has 3 amide bonds. The summed E-state index contributed by atoms with van der Waals surface area (Å²) in [6.45, 7) is -6.25. The zero-order valence-corrected chi connectivity index (χ0v) is 47.1. The van der Waals surface area contributed by atoms with Gasteiger partial charge in [-0.1, -0.05) is 0 Å². The molecule has 0 spiro atoms. The highest BCUT2D eigenvalue weighted by atomic mass is 16.8. The van der Waals surface area contributed by atoms with Crippen LogP contribution in [0.5, 0.6) is 0 Å². The van der Waals surface area contributed by atoms with E-state index >= 15 is 0 Å². The number of carbonyl (C=O) groups excluding carboxylic acids is 3. The topological polar surface area (TPSA) is 659 Å². The summed E-state index contributed by atoms with van der Waals surface area (Å²) < 4.78 is 58.0. The van der Waals surface area contributed by atoms with Crippen molar-refractivity contribution in [1.82, 2.24) is 16.0 Å². The van der Waals surface area contributed by atoms with E-state index in [1.54, 1.807) is 0 Å². The van der Waals surface area contributed by atoms with Crippen LogP contribution in [0.4, 0.5) is 0 Å². The molecule has 40 heteroatoms. The SMILES string of the molecule is CC(=O)N[C@H]1[C@H](O[C@@H]2[C@H](O[C@]3(C(=O)O)C[C@H](O)[C@@H](NC(C)=O)[C@H]([C@H](O)[C@@H](CO)O[C@]4(C(=O)O)C[C@H](O)[C@@H](NC(C)=O)[C@H]([C@H](O)[C@H](O)CO)O4)O3)[C@@H](O)[C@H](O[C@@H]([C@H](O)[C@@H](O)CO)[C@H](O)CO)O[C@@H]2CO)O[C@H](CO)[C@H](O)[C@@H]1O[C@@H]1O[C@H](CO)[C@H](O)[C@H](O)[C@H]1O. The molecule has 0 saturated carbocycles. The normalized spacial score (nSPS) is 40.8. The van der Waals surface area contributed by atoms with Gasteiger partial charge >= 0.3 is 11.9 Å². The van der Waals surface area contributed by atoms with Gasteiger partial charge in [-0.15, -0.1) is 0 Å². The number of amides is 3. The van der Waals surface area contributed by atoms with Crippen LogP contribution in [0.15, 0.2) is 0 Å². The minimum atomic E-state index is -3.67. The smallest absolute Gasteiger partial charge is 0.364 e. The molecule has 0 aliphatic carbocycles. The number of carboxylic acids is 2. The third-order valence-electron chi connectivity index (χ3n) is 15.2. The first-order valence-corrected chi connectivity index (χ1v) is 27.3. The molecule has 510 valence electrons. The van der Waals surface area contributed by atoms with Gasteiger partial charge in [-0.2, -0.15) is 0 Å². The van der Waals surface area contributed by atoms with Crippen LogP contribution in [0.3, 0.4) is 0 Å². The first-order chi connectivity index (χ1) is 41.2. The molecule has 5 rings (SSSR count). The lowest BCUT2D eigenvalue weighted by Gasteiger charge is -2.52. The molecule has 5 heterocycles. The van der Waals surface area contributed by atoms with Gasteiger partial charge in [0, 0.05) is 33.6 Å².